The van der Waals surface area contributed by atoms with Crippen molar-refractivity contribution in [3.63, 3.8) is 0 Å². The third-order valence-electron chi connectivity index (χ3n) is 5.28. The summed E-state index contributed by atoms with van der Waals surface area (Å²) in [5, 5.41) is 0.583. The van der Waals surface area contributed by atoms with Crippen molar-refractivity contribution in [3.8, 4) is 0 Å². The molecule has 0 unspecified atom stereocenters. The van der Waals surface area contributed by atoms with Gasteiger partial charge < -0.3 is 14.1 Å². The average Bonchev–Trinajstić information content (AvgIpc) is 3.47. The predicted octanol–water partition coefficient (Wildman–Crippen LogP) is 3.34. The van der Waals surface area contributed by atoms with Crippen molar-refractivity contribution in [2.24, 2.45) is 5.92 Å². The lowest BCUT2D eigenvalue weighted by Gasteiger charge is -2.31. The summed E-state index contributed by atoms with van der Waals surface area (Å²) >= 11 is 1.42. The summed E-state index contributed by atoms with van der Waals surface area (Å²) in [6.45, 7) is 2.77. The molecule has 1 aliphatic heterocycles. The molecule has 0 N–H and O–H groups in total. The van der Waals surface area contributed by atoms with Crippen LogP contribution >= 0.6 is 11.3 Å². The van der Waals surface area contributed by atoms with E-state index in [0.29, 0.717) is 36.6 Å². The minimum absolute atomic E-state index is 0.171. The third kappa shape index (κ3) is 4.61. The number of rotatable bonds is 6. The van der Waals surface area contributed by atoms with Gasteiger partial charge in [0.15, 0.2) is 11.7 Å². The normalized spacial score (nSPS) is 16.3. The zero-order valence-electron chi connectivity index (χ0n) is 17.2. The molecule has 0 radical (unpaired) electrons. The van der Waals surface area contributed by atoms with E-state index >= 15 is 0 Å². The van der Waals surface area contributed by atoms with E-state index in [1.54, 1.807) is 11.0 Å². The summed E-state index contributed by atoms with van der Waals surface area (Å²) < 4.78 is 11.3. The first-order chi connectivity index (χ1) is 15.1. The number of carbonyl (C=O) groups excluding carboxylic acids is 3. The molecule has 0 bridgehead atoms. The number of hydrogen-bond acceptors (Lipinski definition) is 7. The van der Waals surface area contributed by atoms with Crippen molar-refractivity contribution in [1.82, 2.24) is 9.88 Å². The second kappa shape index (κ2) is 9.30. The molecule has 1 aliphatic rings. The Morgan fingerprint density at radius 1 is 1.29 bits per heavy atom. The van der Waals surface area contributed by atoms with Crippen LogP contribution in [-0.2, 0) is 14.3 Å². The van der Waals surface area contributed by atoms with Gasteiger partial charge in [-0.15, -0.1) is 0 Å². The standard InChI is InChI=1S/C22H23N3O5S/c1-2-25(22-23-17-7-3-4-8-18(17)31-22)19(26)14-30-21(28)15-6-5-10-24(12-15)20(27)16-9-11-29-13-16/h3-4,7-9,11,13,15H,2,5-6,10,12,14H2,1H3/t15-/m0/s1. The molecular formula is C22H23N3O5S. The highest BCUT2D eigenvalue weighted by Gasteiger charge is 2.31. The minimum atomic E-state index is -0.460. The highest BCUT2D eigenvalue weighted by molar-refractivity contribution is 7.22. The Balaban J connectivity index is 1.34. The topological polar surface area (TPSA) is 93.0 Å². The van der Waals surface area contributed by atoms with Gasteiger partial charge in [-0.1, -0.05) is 23.5 Å². The predicted molar refractivity (Wildman–Crippen MR) is 116 cm³/mol. The molecule has 8 nitrogen and oxygen atoms in total. The van der Waals surface area contributed by atoms with Crippen molar-refractivity contribution >= 4 is 44.5 Å². The molecule has 9 heteroatoms. The fourth-order valence-electron chi connectivity index (χ4n) is 3.65. The first-order valence-electron chi connectivity index (χ1n) is 10.2. The summed E-state index contributed by atoms with van der Waals surface area (Å²) in [5.74, 6) is -1.40. The number of benzene rings is 1. The maximum Gasteiger partial charge on any atom is 0.311 e. The number of carbonyl (C=O) groups is 3. The highest BCUT2D eigenvalue weighted by Crippen LogP contribution is 2.28. The molecule has 162 valence electrons. The molecule has 4 rings (SSSR count). The number of para-hydroxylation sites is 1. The summed E-state index contributed by atoms with van der Waals surface area (Å²) in [6.07, 6.45) is 4.16. The molecule has 2 amide bonds. The summed E-state index contributed by atoms with van der Waals surface area (Å²) in [5.41, 5.74) is 1.29. The maximum atomic E-state index is 12.7. The van der Waals surface area contributed by atoms with Crippen LogP contribution in [0.5, 0.6) is 0 Å². The molecule has 31 heavy (non-hydrogen) atoms. The van der Waals surface area contributed by atoms with Crippen LogP contribution in [0.4, 0.5) is 5.13 Å². The number of fused-ring (bicyclic) bond motifs is 1. The molecule has 0 spiro atoms. The highest BCUT2D eigenvalue weighted by atomic mass is 32.1. The van der Waals surface area contributed by atoms with Crippen LogP contribution in [0.25, 0.3) is 10.2 Å². The van der Waals surface area contributed by atoms with E-state index in [0.717, 1.165) is 10.2 Å². The number of ether oxygens (including phenoxy) is 1. The number of hydrogen-bond donors (Lipinski definition) is 0. The van der Waals surface area contributed by atoms with Crippen LogP contribution in [0.2, 0.25) is 0 Å². The van der Waals surface area contributed by atoms with E-state index in [-0.39, 0.29) is 25.0 Å². The molecule has 1 fully saturated rings. The molecule has 3 aromatic rings. The lowest BCUT2D eigenvalue weighted by atomic mass is 9.98. The Morgan fingerprint density at radius 2 is 2.13 bits per heavy atom. The number of nitrogens with zero attached hydrogens (tertiary/aromatic N) is 3. The van der Waals surface area contributed by atoms with Crippen LogP contribution < -0.4 is 4.90 Å². The van der Waals surface area contributed by atoms with Crippen LogP contribution in [-0.4, -0.2) is 53.9 Å². The van der Waals surface area contributed by atoms with Gasteiger partial charge >= 0.3 is 5.97 Å². The van der Waals surface area contributed by atoms with Gasteiger partial charge in [0.2, 0.25) is 0 Å². The number of esters is 1. The van der Waals surface area contributed by atoms with E-state index in [2.05, 4.69) is 4.98 Å². The first-order valence-corrected chi connectivity index (χ1v) is 11.0. The second-order valence-electron chi connectivity index (χ2n) is 7.31. The third-order valence-corrected chi connectivity index (χ3v) is 6.34. The zero-order valence-corrected chi connectivity index (χ0v) is 18.0. The van der Waals surface area contributed by atoms with Gasteiger partial charge in [0.25, 0.3) is 11.8 Å². The Labute approximate surface area is 183 Å². The minimum Gasteiger partial charge on any atom is -0.472 e. The maximum absolute atomic E-state index is 12.7. The lowest BCUT2D eigenvalue weighted by Crippen LogP contribution is -2.43. The van der Waals surface area contributed by atoms with Crippen molar-refractivity contribution in [2.75, 3.05) is 31.1 Å². The summed E-state index contributed by atoms with van der Waals surface area (Å²) in [4.78, 5) is 45.4. The van der Waals surface area contributed by atoms with Crippen LogP contribution in [0.1, 0.15) is 30.1 Å². The zero-order chi connectivity index (χ0) is 21.8. The van der Waals surface area contributed by atoms with Gasteiger partial charge in [0.05, 0.1) is 28.0 Å². The molecule has 1 atom stereocenters. The smallest absolute Gasteiger partial charge is 0.311 e. The van der Waals surface area contributed by atoms with Gasteiger partial charge in [-0.2, -0.15) is 0 Å². The Bertz CT molecular complexity index is 1040. The van der Waals surface area contributed by atoms with E-state index < -0.39 is 11.9 Å². The molecule has 3 heterocycles. The summed E-state index contributed by atoms with van der Waals surface area (Å²) in [6, 6.07) is 9.28. The van der Waals surface area contributed by atoms with Gasteiger partial charge in [-0.3, -0.25) is 19.3 Å². The number of anilines is 1. The fraction of sp³-hybridized carbons (Fsp3) is 0.364. The van der Waals surface area contributed by atoms with Gasteiger partial charge in [0, 0.05) is 19.6 Å². The SMILES string of the molecule is CCN(C(=O)COC(=O)[C@H]1CCCN(C(=O)c2ccoc2)C1)c1nc2ccccc2s1. The van der Waals surface area contributed by atoms with Crippen molar-refractivity contribution in [1.29, 1.82) is 0 Å². The molecule has 0 saturated carbocycles. The number of thiazole rings is 1. The quantitative estimate of drug-likeness (QED) is 0.545. The number of piperidine rings is 1. The van der Waals surface area contributed by atoms with E-state index in [4.69, 9.17) is 9.15 Å². The van der Waals surface area contributed by atoms with Gasteiger partial charge in [-0.25, -0.2) is 4.98 Å². The lowest BCUT2D eigenvalue weighted by molar-refractivity contribution is -0.153. The van der Waals surface area contributed by atoms with Crippen molar-refractivity contribution in [3.05, 3.63) is 48.4 Å². The van der Waals surface area contributed by atoms with Gasteiger partial charge in [0.1, 0.15) is 6.26 Å². The van der Waals surface area contributed by atoms with Crippen LogP contribution in [0, 0.1) is 5.92 Å². The largest absolute Gasteiger partial charge is 0.472 e. The van der Waals surface area contributed by atoms with E-state index in [1.165, 1.54) is 28.8 Å². The first kappa shape index (κ1) is 21.0. The average molecular weight is 442 g/mol. The monoisotopic (exact) mass is 441 g/mol. The van der Waals surface area contributed by atoms with Crippen molar-refractivity contribution in [2.45, 2.75) is 19.8 Å². The number of likely N-dealkylation sites (N-methyl/N-ethyl adjacent to an activating group) is 1. The van der Waals surface area contributed by atoms with E-state index in [1.807, 2.05) is 31.2 Å². The Morgan fingerprint density at radius 3 is 2.87 bits per heavy atom. The molecule has 1 aromatic carbocycles. The second-order valence-corrected chi connectivity index (χ2v) is 8.32. The molecule has 2 aromatic heterocycles. The fourth-order valence-corrected chi connectivity index (χ4v) is 4.69. The van der Waals surface area contributed by atoms with Crippen LogP contribution in [0.3, 0.4) is 0 Å². The molecule has 0 aliphatic carbocycles. The number of likely N-dealkylation sites (tertiary alicyclic amines) is 1. The Kier molecular flexibility index (Phi) is 6.31. The number of aromatic nitrogens is 1. The number of furan rings is 1. The van der Waals surface area contributed by atoms with Gasteiger partial charge in [-0.05, 0) is 38.0 Å². The van der Waals surface area contributed by atoms with E-state index in [9.17, 15) is 14.4 Å². The van der Waals surface area contributed by atoms with Crippen LogP contribution in [0.15, 0.2) is 47.3 Å². The molecule has 1 saturated heterocycles. The molecular weight excluding hydrogens is 418 g/mol. The number of amides is 2. The van der Waals surface area contributed by atoms with Crippen molar-refractivity contribution < 1.29 is 23.5 Å². The Hall–Kier alpha value is -3.20. The summed E-state index contributed by atoms with van der Waals surface area (Å²) in [7, 11) is 0.